The zero-order chi connectivity index (χ0) is 16.0. The van der Waals surface area contributed by atoms with Crippen LogP contribution in [0, 0.1) is 18.8 Å². The van der Waals surface area contributed by atoms with Crippen molar-refractivity contribution in [3.63, 3.8) is 0 Å². The zero-order valence-corrected chi connectivity index (χ0v) is 15.4. The average molecular weight is 363 g/mol. The number of fused-ring (bicyclic) bond motifs is 1. The summed E-state index contributed by atoms with van der Waals surface area (Å²) >= 11 is 1.55. The Bertz CT molecular complexity index is 727. The van der Waals surface area contributed by atoms with Gasteiger partial charge in [-0.05, 0) is 48.6 Å². The molecule has 128 valence electrons. The fraction of sp³-hybridized carbons (Fsp3) is 0.421. The van der Waals surface area contributed by atoms with Gasteiger partial charge in [0.05, 0.1) is 4.88 Å². The predicted molar refractivity (Wildman–Crippen MR) is 102 cm³/mol. The van der Waals surface area contributed by atoms with Crippen LogP contribution in [-0.2, 0) is 0 Å². The number of benzene rings is 1. The van der Waals surface area contributed by atoms with Crippen LogP contribution < -0.4 is 5.73 Å². The minimum atomic E-state index is 0. The number of halogens is 1. The molecular formula is C19H23ClN2OS. The highest BCUT2D eigenvalue weighted by Gasteiger charge is 2.43. The van der Waals surface area contributed by atoms with Crippen LogP contribution in [0.2, 0.25) is 0 Å². The predicted octanol–water partition coefficient (Wildman–Crippen LogP) is 3.95. The van der Waals surface area contributed by atoms with E-state index in [4.69, 9.17) is 5.73 Å². The van der Waals surface area contributed by atoms with Crippen LogP contribution in [0.4, 0.5) is 0 Å². The number of likely N-dealkylation sites (tertiary alicyclic amines) is 1. The monoisotopic (exact) mass is 362 g/mol. The third kappa shape index (κ3) is 2.99. The molecule has 2 N–H and O–H groups in total. The highest BCUT2D eigenvalue weighted by Crippen LogP contribution is 2.39. The Morgan fingerprint density at radius 2 is 1.92 bits per heavy atom. The normalized spacial score (nSPS) is 25.4. The van der Waals surface area contributed by atoms with Gasteiger partial charge in [-0.1, -0.05) is 29.8 Å². The van der Waals surface area contributed by atoms with Crippen molar-refractivity contribution in [2.75, 3.05) is 13.1 Å². The molecule has 4 rings (SSSR count). The molecule has 1 amide bonds. The molecule has 1 aliphatic carbocycles. The number of carbonyl (C=O) groups excluding carboxylic acids is 1. The van der Waals surface area contributed by atoms with E-state index in [1.54, 1.807) is 11.3 Å². The summed E-state index contributed by atoms with van der Waals surface area (Å²) in [6.07, 6.45) is 2.29. The third-order valence-corrected chi connectivity index (χ3v) is 6.32. The Morgan fingerprint density at radius 1 is 1.17 bits per heavy atom. The Kier molecular flexibility index (Phi) is 5.00. The van der Waals surface area contributed by atoms with E-state index >= 15 is 0 Å². The van der Waals surface area contributed by atoms with E-state index in [9.17, 15) is 4.79 Å². The molecule has 2 aromatic rings. The molecule has 24 heavy (non-hydrogen) atoms. The molecule has 1 aromatic carbocycles. The lowest BCUT2D eigenvalue weighted by atomic mass is 9.98. The maximum absolute atomic E-state index is 13.0. The number of hydrogen-bond acceptors (Lipinski definition) is 3. The van der Waals surface area contributed by atoms with Gasteiger partial charge in [-0.3, -0.25) is 4.79 Å². The van der Waals surface area contributed by atoms with Crippen LogP contribution in [0.1, 0.15) is 28.1 Å². The van der Waals surface area contributed by atoms with Crippen LogP contribution in [-0.4, -0.2) is 29.9 Å². The Balaban J connectivity index is 0.00000169. The summed E-state index contributed by atoms with van der Waals surface area (Å²) < 4.78 is 0. The summed E-state index contributed by atoms with van der Waals surface area (Å²) in [6.45, 7) is 3.79. The van der Waals surface area contributed by atoms with Gasteiger partial charge >= 0.3 is 0 Å². The van der Waals surface area contributed by atoms with Gasteiger partial charge in [0, 0.05) is 24.7 Å². The van der Waals surface area contributed by atoms with Gasteiger partial charge in [0.1, 0.15) is 0 Å². The molecule has 0 bridgehead atoms. The minimum absolute atomic E-state index is 0. The largest absolute Gasteiger partial charge is 0.337 e. The summed E-state index contributed by atoms with van der Waals surface area (Å²) in [7, 11) is 0. The molecule has 0 radical (unpaired) electrons. The van der Waals surface area contributed by atoms with Crippen molar-refractivity contribution in [3.8, 4) is 11.1 Å². The molecule has 1 saturated heterocycles. The quantitative estimate of drug-likeness (QED) is 0.879. The Labute approximate surface area is 153 Å². The van der Waals surface area contributed by atoms with Crippen molar-refractivity contribution >= 4 is 29.7 Å². The molecule has 3 unspecified atom stereocenters. The number of thiophene rings is 1. The van der Waals surface area contributed by atoms with E-state index in [-0.39, 0.29) is 24.4 Å². The lowest BCUT2D eigenvalue weighted by Crippen LogP contribution is -2.33. The van der Waals surface area contributed by atoms with E-state index in [0.717, 1.165) is 35.5 Å². The standard InChI is InChI=1S/C19H22N2OS.ClH/c1-12-2-4-13(5-3-12)15-8-9-23-18(15)19(22)21-10-14-6-7-17(20)16(14)11-21;/h2-5,8-9,14,16-17H,6-7,10-11,20H2,1H3;1H. The van der Waals surface area contributed by atoms with Gasteiger partial charge in [0.25, 0.3) is 5.91 Å². The number of amides is 1. The molecule has 0 spiro atoms. The Morgan fingerprint density at radius 3 is 2.62 bits per heavy atom. The summed E-state index contributed by atoms with van der Waals surface area (Å²) in [6, 6.07) is 10.7. The van der Waals surface area contributed by atoms with Gasteiger partial charge < -0.3 is 10.6 Å². The number of nitrogens with two attached hydrogens (primary N) is 1. The topological polar surface area (TPSA) is 46.3 Å². The molecule has 2 fully saturated rings. The average Bonchev–Trinajstić information content (AvgIpc) is 3.25. The first-order valence-electron chi connectivity index (χ1n) is 8.33. The van der Waals surface area contributed by atoms with Gasteiger partial charge in [0.2, 0.25) is 0 Å². The third-order valence-electron chi connectivity index (χ3n) is 5.42. The van der Waals surface area contributed by atoms with E-state index < -0.39 is 0 Å². The highest BCUT2D eigenvalue weighted by atomic mass is 35.5. The number of nitrogens with zero attached hydrogens (tertiary/aromatic N) is 1. The van der Waals surface area contributed by atoms with Crippen LogP contribution >= 0.6 is 23.7 Å². The molecule has 2 aliphatic rings. The number of hydrogen-bond donors (Lipinski definition) is 1. The first-order chi connectivity index (χ1) is 11.1. The van der Waals surface area contributed by atoms with E-state index in [0.29, 0.717) is 11.8 Å². The van der Waals surface area contributed by atoms with Crippen LogP contribution in [0.15, 0.2) is 35.7 Å². The summed E-state index contributed by atoms with van der Waals surface area (Å²) in [5, 5.41) is 2.02. The minimum Gasteiger partial charge on any atom is -0.337 e. The lowest BCUT2D eigenvalue weighted by molar-refractivity contribution is 0.0785. The maximum atomic E-state index is 13.0. The Hall–Kier alpha value is -1.36. The molecule has 1 aliphatic heterocycles. The number of aryl methyl sites for hydroxylation is 1. The zero-order valence-electron chi connectivity index (χ0n) is 13.8. The van der Waals surface area contributed by atoms with E-state index in [1.807, 2.05) is 10.3 Å². The summed E-state index contributed by atoms with van der Waals surface area (Å²) in [5.74, 6) is 1.29. The van der Waals surface area contributed by atoms with E-state index in [1.165, 1.54) is 12.0 Å². The molecule has 2 heterocycles. The second-order valence-electron chi connectivity index (χ2n) is 6.90. The van der Waals surface area contributed by atoms with Crippen molar-refractivity contribution in [2.45, 2.75) is 25.8 Å². The van der Waals surface area contributed by atoms with Crippen LogP contribution in [0.3, 0.4) is 0 Å². The SMILES string of the molecule is Cc1ccc(-c2ccsc2C(=O)N2CC3CCC(N)C3C2)cc1.Cl. The second-order valence-corrected chi connectivity index (χ2v) is 7.82. The van der Waals surface area contributed by atoms with Crippen LogP contribution in [0.25, 0.3) is 11.1 Å². The molecule has 1 saturated carbocycles. The van der Waals surface area contributed by atoms with Crippen molar-refractivity contribution < 1.29 is 4.79 Å². The van der Waals surface area contributed by atoms with Crippen LogP contribution in [0.5, 0.6) is 0 Å². The van der Waals surface area contributed by atoms with Crippen molar-refractivity contribution in [2.24, 2.45) is 17.6 Å². The van der Waals surface area contributed by atoms with Crippen molar-refractivity contribution in [3.05, 3.63) is 46.2 Å². The van der Waals surface area contributed by atoms with Crippen molar-refractivity contribution in [1.82, 2.24) is 4.90 Å². The fourth-order valence-corrected chi connectivity index (χ4v) is 4.94. The van der Waals surface area contributed by atoms with Crippen molar-refractivity contribution in [1.29, 1.82) is 0 Å². The fourth-order valence-electron chi connectivity index (χ4n) is 4.05. The lowest BCUT2D eigenvalue weighted by Gasteiger charge is -2.19. The molecular weight excluding hydrogens is 340 g/mol. The molecule has 5 heteroatoms. The summed E-state index contributed by atoms with van der Waals surface area (Å²) in [4.78, 5) is 15.9. The maximum Gasteiger partial charge on any atom is 0.264 e. The number of carbonyl (C=O) groups is 1. The first kappa shape index (κ1) is 17.5. The van der Waals surface area contributed by atoms with Gasteiger partial charge in [-0.15, -0.1) is 23.7 Å². The second kappa shape index (κ2) is 6.87. The summed E-state index contributed by atoms with van der Waals surface area (Å²) in [5.41, 5.74) is 9.61. The van der Waals surface area contributed by atoms with E-state index in [2.05, 4.69) is 37.3 Å². The van der Waals surface area contributed by atoms with Gasteiger partial charge in [-0.25, -0.2) is 0 Å². The highest BCUT2D eigenvalue weighted by molar-refractivity contribution is 7.12. The van der Waals surface area contributed by atoms with Gasteiger partial charge in [0.15, 0.2) is 0 Å². The smallest absolute Gasteiger partial charge is 0.264 e. The number of rotatable bonds is 2. The van der Waals surface area contributed by atoms with Gasteiger partial charge in [-0.2, -0.15) is 0 Å². The molecule has 1 aromatic heterocycles. The first-order valence-corrected chi connectivity index (χ1v) is 9.21. The molecule has 3 atom stereocenters. The molecule has 3 nitrogen and oxygen atoms in total.